The van der Waals surface area contributed by atoms with Gasteiger partial charge in [0.25, 0.3) is 0 Å². The minimum Gasteiger partial charge on any atom is -0.382 e. The first-order chi connectivity index (χ1) is 8.63. The summed E-state index contributed by atoms with van der Waals surface area (Å²) in [4.78, 5) is 4.25. The Labute approximate surface area is 108 Å². The molecule has 0 saturated heterocycles. The predicted octanol–water partition coefficient (Wildman–Crippen LogP) is 0.467. The SMILES string of the molecule is COCCOCC(N)Cc1ncnn1CC(C)C. The fourth-order valence-corrected chi connectivity index (χ4v) is 1.61. The van der Waals surface area contributed by atoms with Crippen molar-refractivity contribution in [2.24, 2.45) is 11.7 Å². The quantitative estimate of drug-likeness (QED) is 0.650. The molecular formula is C12H24N4O2. The van der Waals surface area contributed by atoms with Crippen molar-refractivity contribution in [1.29, 1.82) is 0 Å². The molecule has 104 valence electrons. The molecule has 1 aromatic rings. The molecule has 1 aromatic heterocycles. The first-order valence-electron chi connectivity index (χ1n) is 6.32. The van der Waals surface area contributed by atoms with Gasteiger partial charge in [-0.3, -0.25) is 0 Å². The Hall–Kier alpha value is -0.980. The normalized spacial score (nSPS) is 13.2. The molecule has 2 N–H and O–H groups in total. The summed E-state index contributed by atoms with van der Waals surface area (Å²) in [5.74, 6) is 1.46. The van der Waals surface area contributed by atoms with Gasteiger partial charge in [0.05, 0.1) is 19.8 Å². The van der Waals surface area contributed by atoms with Crippen LogP contribution in [0, 0.1) is 5.92 Å². The Kier molecular flexibility index (Phi) is 6.85. The summed E-state index contributed by atoms with van der Waals surface area (Å²) in [6.07, 6.45) is 2.26. The fourth-order valence-electron chi connectivity index (χ4n) is 1.61. The molecule has 18 heavy (non-hydrogen) atoms. The summed E-state index contributed by atoms with van der Waals surface area (Å²) in [5.41, 5.74) is 6.00. The zero-order valence-corrected chi connectivity index (χ0v) is 11.5. The van der Waals surface area contributed by atoms with Crippen molar-refractivity contribution in [3.8, 4) is 0 Å². The van der Waals surface area contributed by atoms with Gasteiger partial charge in [-0.05, 0) is 5.92 Å². The molecule has 0 aromatic carbocycles. The maximum absolute atomic E-state index is 6.00. The maximum atomic E-state index is 6.00. The number of rotatable bonds is 9. The molecule has 0 saturated carbocycles. The molecule has 0 aliphatic rings. The Balaban J connectivity index is 2.34. The van der Waals surface area contributed by atoms with Gasteiger partial charge in [0, 0.05) is 26.1 Å². The third-order valence-electron chi connectivity index (χ3n) is 2.44. The lowest BCUT2D eigenvalue weighted by atomic mass is 10.2. The monoisotopic (exact) mass is 256 g/mol. The zero-order valence-electron chi connectivity index (χ0n) is 11.5. The van der Waals surface area contributed by atoms with Gasteiger partial charge in [-0.1, -0.05) is 13.8 Å². The van der Waals surface area contributed by atoms with E-state index in [4.69, 9.17) is 15.2 Å². The minimum absolute atomic E-state index is 0.0584. The van der Waals surface area contributed by atoms with Crippen LogP contribution in [0.4, 0.5) is 0 Å². The standard InChI is InChI=1S/C12H24N4O2/c1-10(2)7-16-12(14-9-15-16)6-11(13)8-18-5-4-17-3/h9-11H,4-8,13H2,1-3H3. The van der Waals surface area contributed by atoms with Crippen LogP contribution in [0.5, 0.6) is 0 Å². The molecule has 0 spiro atoms. The lowest BCUT2D eigenvalue weighted by Gasteiger charge is -2.13. The van der Waals surface area contributed by atoms with Crippen molar-refractivity contribution >= 4 is 0 Å². The van der Waals surface area contributed by atoms with Crippen molar-refractivity contribution in [3.05, 3.63) is 12.2 Å². The lowest BCUT2D eigenvalue weighted by molar-refractivity contribution is 0.0633. The first-order valence-corrected chi connectivity index (χ1v) is 6.32. The van der Waals surface area contributed by atoms with E-state index in [9.17, 15) is 0 Å². The predicted molar refractivity (Wildman–Crippen MR) is 69.2 cm³/mol. The number of hydrogen-bond donors (Lipinski definition) is 1. The zero-order chi connectivity index (χ0) is 13.4. The number of hydrogen-bond acceptors (Lipinski definition) is 5. The van der Waals surface area contributed by atoms with E-state index in [1.54, 1.807) is 13.4 Å². The van der Waals surface area contributed by atoms with Crippen LogP contribution >= 0.6 is 0 Å². The van der Waals surface area contributed by atoms with E-state index in [0.717, 1.165) is 12.4 Å². The van der Waals surface area contributed by atoms with Crippen LogP contribution in [0.1, 0.15) is 19.7 Å². The van der Waals surface area contributed by atoms with Crippen LogP contribution in [0.2, 0.25) is 0 Å². The van der Waals surface area contributed by atoms with Gasteiger partial charge in [-0.25, -0.2) is 9.67 Å². The number of aromatic nitrogens is 3. The second-order valence-electron chi connectivity index (χ2n) is 4.78. The molecule has 0 fully saturated rings. The van der Waals surface area contributed by atoms with Crippen LogP contribution in [0.25, 0.3) is 0 Å². The molecular weight excluding hydrogens is 232 g/mol. The molecule has 1 heterocycles. The van der Waals surface area contributed by atoms with E-state index in [2.05, 4.69) is 23.9 Å². The van der Waals surface area contributed by atoms with E-state index >= 15 is 0 Å². The molecule has 0 amide bonds. The van der Waals surface area contributed by atoms with Crippen LogP contribution in [0.15, 0.2) is 6.33 Å². The van der Waals surface area contributed by atoms with Crippen molar-refractivity contribution < 1.29 is 9.47 Å². The molecule has 1 atom stereocenters. The lowest BCUT2D eigenvalue weighted by Crippen LogP contribution is -2.31. The largest absolute Gasteiger partial charge is 0.382 e. The summed E-state index contributed by atoms with van der Waals surface area (Å²) >= 11 is 0. The molecule has 6 heteroatoms. The third kappa shape index (κ3) is 5.57. The maximum Gasteiger partial charge on any atom is 0.138 e. The second kappa shape index (κ2) is 8.18. The van der Waals surface area contributed by atoms with E-state index in [1.165, 1.54) is 0 Å². The van der Waals surface area contributed by atoms with Crippen molar-refractivity contribution in [3.63, 3.8) is 0 Å². The van der Waals surface area contributed by atoms with Crippen molar-refractivity contribution in [2.45, 2.75) is 32.9 Å². The van der Waals surface area contributed by atoms with Gasteiger partial charge in [-0.15, -0.1) is 0 Å². The number of nitrogens with two attached hydrogens (primary N) is 1. The van der Waals surface area contributed by atoms with Crippen molar-refractivity contribution in [2.75, 3.05) is 26.9 Å². The van der Waals surface area contributed by atoms with Gasteiger partial charge in [-0.2, -0.15) is 5.10 Å². The van der Waals surface area contributed by atoms with E-state index < -0.39 is 0 Å². The fraction of sp³-hybridized carbons (Fsp3) is 0.833. The Morgan fingerprint density at radius 3 is 2.83 bits per heavy atom. The van der Waals surface area contributed by atoms with E-state index in [1.807, 2.05) is 4.68 Å². The highest BCUT2D eigenvalue weighted by Gasteiger charge is 2.11. The van der Waals surface area contributed by atoms with Crippen LogP contribution in [-0.2, 0) is 22.4 Å². The summed E-state index contributed by atoms with van der Waals surface area (Å²) in [6, 6.07) is -0.0584. The molecule has 0 aliphatic heterocycles. The first kappa shape index (κ1) is 15.1. The smallest absolute Gasteiger partial charge is 0.138 e. The third-order valence-corrected chi connectivity index (χ3v) is 2.44. The molecule has 6 nitrogen and oxygen atoms in total. The molecule has 0 aliphatic carbocycles. The highest BCUT2D eigenvalue weighted by Crippen LogP contribution is 2.03. The van der Waals surface area contributed by atoms with E-state index in [-0.39, 0.29) is 6.04 Å². The highest BCUT2D eigenvalue weighted by atomic mass is 16.5. The average molecular weight is 256 g/mol. The van der Waals surface area contributed by atoms with Gasteiger partial charge >= 0.3 is 0 Å². The Morgan fingerprint density at radius 2 is 2.17 bits per heavy atom. The second-order valence-corrected chi connectivity index (χ2v) is 4.78. The molecule has 0 radical (unpaired) electrons. The number of methoxy groups -OCH3 is 1. The highest BCUT2D eigenvalue weighted by molar-refractivity contribution is 4.89. The minimum atomic E-state index is -0.0584. The summed E-state index contributed by atoms with van der Waals surface area (Å²) < 4.78 is 12.2. The van der Waals surface area contributed by atoms with Crippen LogP contribution < -0.4 is 5.73 Å². The summed E-state index contributed by atoms with van der Waals surface area (Å²) in [5, 5.41) is 4.21. The molecule has 0 bridgehead atoms. The van der Waals surface area contributed by atoms with Gasteiger partial charge in [0.1, 0.15) is 12.2 Å². The van der Waals surface area contributed by atoms with Crippen molar-refractivity contribution in [1.82, 2.24) is 14.8 Å². The Morgan fingerprint density at radius 1 is 1.39 bits per heavy atom. The Bertz CT molecular complexity index is 328. The van der Waals surface area contributed by atoms with Crippen LogP contribution in [-0.4, -0.2) is 47.7 Å². The van der Waals surface area contributed by atoms with Gasteiger partial charge < -0.3 is 15.2 Å². The average Bonchev–Trinajstić information content (AvgIpc) is 2.71. The topological polar surface area (TPSA) is 75.2 Å². The summed E-state index contributed by atoms with van der Waals surface area (Å²) in [7, 11) is 1.65. The number of nitrogens with zero attached hydrogens (tertiary/aromatic N) is 3. The summed E-state index contributed by atoms with van der Waals surface area (Å²) in [6.45, 7) is 6.85. The number of ether oxygens (including phenoxy) is 2. The van der Waals surface area contributed by atoms with Gasteiger partial charge in [0.15, 0.2) is 0 Å². The van der Waals surface area contributed by atoms with Gasteiger partial charge in [0.2, 0.25) is 0 Å². The van der Waals surface area contributed by atoms with E-state index in [0.29, 0.717) is 32.2 Å². The molecule has 1 unspecified atom stereocenters. The molecule has 1 rings (SSSR count). The van der Waals surface area contributed by atoms with Crippen LogP contribution in [0.3, 0.4) is 0 Å².